The van der Waals surface area contributed by atoms with E-state index in [4.69, 9.17) is 28.4 Å². The maximum Gasteiger partial charge on any atom is 0.432 e. The van der Waals surface area contributed by atoms with Gasteiger partial charge in [-0.25, -0.2) is 9.69 Å². The first-order valence-electron chi connectivity index (χ1n) is 16.2. The number of Topliss-reactive ketones (excluding diaryl/α,β-unsaturated/α-hetero) is 2. The first kappa shape index (κ1) is 40.6. The van der Waals surface area contributed by atoms with Gasteiger partial charge in [0.25, 0.3) is 22.8 Å². The lowest BCUT2D eigenvalue weighted by atomic mass is 9.84. The fourth-order valence-corrected chi connectivity index (χ4v) is 6.54. The van der Waals surface area contributed by atoms with Gasteiger partial charge in [0.15, 0.2) is 6.10 Å². The largest absolute Gasteiger partial charge is 0.465 e. The minimum atomic E-state index is -5.41. The van der Waals surface area contributed by atoms with Gasteiger partial charge in [-0.3, -0.25) is 24.0 Å². The van der Waals surface area contributed by atoms with Crippen molar-refractivity contribution in [2.45, 2.75) is 75.5 Å². The van der Waals surface area contributed by atoms with Crippen LogP contribution in [0.25, 0.3) is 0 Å². The number of ether oxygens (including phenoxy) is 6. The van der Waals surface area contributed by atoms with Crippen molar-refractivity contribution in [2.75, 3.05) is 21.3 Å². The number of alkyl halides is 3. The van der Waals surface area contributed by atoms with Crippen molar-refractivity contribution < 1.29 is 70.4 Å². The molecule has 1 saturated heterocycles. The molecule has 0 saturated carbocycles. The van der Waals surface area contributed by atoms with Gasteiger partial charge in [-0.05, 0) is 13.3 Å². The number of halogens is 3. The molecular weight excluding hydrogens is 707 g/mol. The quantitative estimate of drug-likeness (QED) is 0.125. The zero-order valence-electron chi connectivity index (χ0n) is 29.8. The van der Waals surface area contributed by atoms with E-state index in [0.717, 1.165) is 47.1 Å². The van der Waals surface area contributed by atoms with Crippen LogP contribution in [-0.4, -0.2) is 97.4 Å². The molecule has 16 heteroatoms. The zero-order chi connectivity index (χ0) is 39.5. The third kappa shape index (κ3) is 6.44. The second-order valence-corrected chi connectivity index (χ2v) is 12.0. The van der Waals surface area contributed by atoms with E-state index >= 15 is 0 Å². The number of allylic oxidation sites excluding steroid dienone is 1. The number of nitrogens with zero attached hydrogens (tertiary/aromatic N) is 1. The van der Waals surface area contributed by atoms with Gasteiger partial charge in [-0.15, -0.1) is 0 Å². The molecule has 53 heavy (non-hydrogen) atoms. The molecule has 0 N–H and O–H groups in total. The van der Waals surface area contributed by atoms with Gasteiger partial charge in [-0.1, -0.05) is 79.7 Å². The number of benzene rings is 2. The van der Waals surface area contributed by atoms with E-state index in [2.05, 4.69) is 0 Å². The molecule has 2 unspecified atom stereocenters. The fraction of sp³-hybridized carbons (Fsp3) is 0.405. The van der Waals surface area contributed by atoms with Gasteiger partial charge in [0, 0.05) is 51.9 Å². The molecule has 0 bridgehead atoms. The fourth-order valence-electron chi connectivity index (χ4n) is 6.54. The van der Waals surface area contributed by atoms with Crippen molar-refractivity contribution in [3.8, 4) is 0 Å². The van der Waals surface area contributed by atoms with Gasteiger partial charge in [0.1, 0.15) is 11.9 Å². The lowest BCUT2D eigenvalue weighted by Gasteiger charge is -2.38. The molecule has 0 radical (unpaired) electrons. The van der Waals surface area contributed by atoms with Gasteiger partial charge in [0.05, 0.1) is 0 Å². The molecule has 2 aromatic carbocycles. The van der Waals surface area contributed by atoms with Crippen LogP contribution in [0.5, 0.6) is 0 Å². The van der Waals surface area contributed by atoms with E-state index in [1.54, 1.807) is 13.0 Å². The highest BCUT2D eigenvalue weighted by Gasteiger charge is 2.81. The van der Waals surface area contributed by atoms with Crippen LogP contribution in [0.1, 0.15) is 50.0 Å². The van der Waals surface area contributed by atoms with Crippen LogP contribution in [0.3, 0.4) is 0 Å². The molecule has 2 aromatic rings. The van der Waals surface area contributed by atoms with Crippen LogP contribution in [0.15, 0.2) is 84.1 Å². The summed E-state index contributed by atoms with van der Waals surface area (Å²) < 4.78 is 78.0. The normalized spacial score (nSPS) is 23.9. The number of carbonyl (C=O) groups excluding carboxylic acids is 6. The lowest BCUT2D eigenvalue weighted by molar-refractivity contribution is -0.279. The molecule has 2 amide bonds. The SMILES string of the molecule is CC/C=C\C(OC)C(OC(=O)[C@](OC)(c1ccccc1)C(F)(F)F)C1=C(C)C(=O)[C@]2(O1)C(=O)N(C(C)=O)[C@@](OC)(C(=O)c1ccccc1)[C@@H]2OC(C)=O. The molecule has 13 nitrogen and oxygen atoms in total. The molecule has 0 aromatic heterocycles. The zero-order valence-corrected chi connectivity index (χ0v) is 29.8. The molecule has 6 atom stereocenters. The average Bonchev–Trinajstić information content (AvgIpc) is 3.51. The summed E-state index contributed by atoms with van der Waals surface area (Å²) in [4.78, 5) is 83.6. The van der Waals surface area contributed by atoms with Crippen LogP contribution in [0.4, 0.5) is 13.2 Å². The average molecular weight is 746 g/mol. The number of likely N-dealkylation sites (tertiary alicyclic amines) is 1. The molecule has 4 rings (SSSR count). The van der Waals surface area contributed by atoms with E-state index in [0.29, 0.717) is 18.4 Å². The predicted molar refractivity (Wildman–Crippen MR) is 176 cm³/mol. The summed E-state index contributed by atoms with van der Waals surface area (Å²) in [6, 6.07) is 13.1. The summed E-state index contributed by atoms with van der Waals surface area (Å²) in [5.41, 5.74) is -10.9. The van der Waals surface area contributed by atoms with E-state index in [1.165, 1.54) is 54.6 Å². The van der Waals surface area contributed by atoms with E-state index < -0.39 is 93.6 Å². The third-order valence-electron chi connectivity index (χ3n) is 8.96. The number of methoxy groups -OCH3 is 3. The monoisotopic (exact) mass is 745 g/mol. The van der Waals surface area contributed by atoms with Crippen LogP contribution in [0, 0.1) is 0 Å². The Bertz CT molecular complexity index is 1830. The maximum absolute atomic E-state index is 14.9. The molecule has 2 aliphatic rings. The number of carbonyl (C=O) groups is 6. The van der Waals surface area contributed by atoms with E-state index in [1.807, 2.05) is 0 Å². The Balaban J connectivity index is 1.97. The smallest absolute Gasteiger partial charge is 0.432 e. The Labute approximate surface area is 302 Å². The van der Waals surface area contributed by atoms with Crippen molar-refractivity contribution in [1.82, 2.24) is 4.90 Å². The molecule has 1 spiro atoms. The number of esters is 2. The van der Waals surface area contributed by atoms with Crippen molar-refractivity contribution in [3.05, 3.63) is 95.3 Å². The number of hydrogen-bond donors (Lipinski definition) is 0. The molecule has 0 aliphatic carbocycles. The van der Waals surface area contributed by atoms with Crippen molar-refractivity contribution in [1.29, 1.82) is 0 Å². The number of rotatable bonds is 13. The van der Waals surface area contributed by atoms with Gasteiger partial charge in [-0.2, -0.15) is 13.2 Å². The van der Waals surface area contributed by atoms with Gasteiger partial charge in [0.2, 0.25) is 23.6 Å². The summed E-state index contributed by atoms with van der Waals surface area (Å²) in [6.45, 7) is 4.62. The molecule has 1 fully saturated rings. The van der Waals surface area contributed by atoms with Gasteiger partial charge >= 0.3 is 18.1 Å². The predicted octanol–water partition coefficient (Wildman–Crippen LogP) is 4.14. The second kappa shape index (κ2) is 15.4. The molecular formula is C37H38F3NO12. The highest BCUT2D eigenvalue weighted by atomic mass is 19.4. The highest BCUT2D eigenvalue weighted by molar-refractivity contribution is 6.26. The Morgan fingerprint density at radius 3 is 2.02 bits per heavy atom. The first-order chi connectivity index (χ1) is 25.0. The van der Waals surface area contributed by atoms with Crippen molar-refractivity contribution in [2.24, 2.45) is 0 Å². The van der Waals surface area contributed by atoms with Crippen LogP contribution < -0.4 is 0 Å². The summed E-state index contributed by atoms with van der Waals surface area (Å²) in [6.07, 6.45) is -8.08. The lowest BCUT2D eigenvalue weighted by Crippen LogP contribution is -2.63. The second-order valence-electron chi connectivity index (χ2n) is 12.0. The van der Waals surface area contributed by atoms with E-state index in [9.17, 15) is 41.9 Å². The molecule has 2 heterocycles. The Morgan fingerprint density at radius 1 is 0.962 bits per heavy atom. The van der Waals surface area contributed by atoms with E-state index in [-0.39, 0.29) is 5.56 Å². The number of ketones is 2. The maximum atomic E-state index is 14.9. The number of amides is 2. The standard InChI is InChI=1S/C37H38F3NO12/c1-8-9-20-26(48-5)28(52-33(47)35(49-6,37(38,39)40)25-18-14-11-15-19-25)27-21(2)29(44)34(53-27)31(51-23(4)43)36(50-7,41(22(3)42)32(34)46)30(45)24-16-12-10-13-17-24/h9-20,26,28,31H,8H2,1-7H3/b20-9-/t26?,28?,31-,34-,35-,36-/m1/s1. The van der Waals surface area contributed by atoms with Crippen LogP contribution in [-0.2, 0) is 58.0 Å². The molecule has 284 valence electrons. The van der Waals surface area contributed by atoms with Crippen molar-refractivity contribution >= 4 is 35.3 Å². The topological polar surface area (TPSA) is 161 Å². The van der Waals surface area contributed by atoms with Crippen molar-refractivity contribution in [3.63, 3.8) is 0 Å². The van der Waals surface area contributed by atoms with Crippen LogP contribution >= 0.6 is 0 Å². The Hall–Kier alpha value is -5.19. The van der Waals surface area contributed by atoms with Crippen LogP contribution in [0.2, 0.25) is 0 Å². The Kier molecular flexibility index (Phi) is 11.8. The highest BCUT2D eigenvalue weighted by Crippen LogP contribution is 2.51. The third-order valence-corrected chi connectivity index (χ3v) is 8.96. The summed E-state index contributed by atoms with van der Waals surface area (Å²) in [5, 5.41) is 0. The minimum absolute atomic E-state index is 0.127. The first-order valence-corrected chi connectivity index (χ1v) is 16.2. The summed E-state index contributed by atoms with van der Waals surface area (Å²) >= 11 is 0. The molecule has 2 aliphatic heterocycles. The number of imide groups is 1. The number of hydrogen-bond acceptors (Lipinski definition) is 12. The Morgan fingerprint density at radius 2 is 1.55 bits per heavy atom. The summed E-state index contributed by atoms with van der Waals surface area (Å²) in [7, 11) is 2.72. The van der Waals surface area contributed by atoms with Gasteiger partial charge < -0.3 is 28.4 Å². The summed E-state index contributed by atoms with van der Waals surface area (Å²) in [5.74, 6) is -8.84. The minimum Gasteiger partial charge on any atom is -0.465 e.